The van der Waals surface area contributed by atoms with E-state index in [1.807, 2.05) is 36.3 Å². The minimum atomic E-state index is -0.234. The minimum absolute atomic E-state index is 0.0469. The van der Waals surface area contributed by atoms with E-state index in [1.54, 1.807) is 4.68 Å². The van der Waals surface area contributed by atoms with E-state index in [9.17, 15) is 9.59 Å². The summed E-state index contributed by atoms with van der Waals surface area (Å²) in [6, 6.07) is 22.7. The highest BCUT2D eigenvalue weighted by atomic mass is 16.6. The first-order chi connectivity index (χ1) is 18.6. The molecule has 2 saturated heterocycles. The van der Waals surface area contributed by atoms with Crippen molar-refractivity contribution >= 4 is 22.8 Å². The van der Waals surface area contributed by atoms with E-state index >= 15 is 0 Å². The van der Waals surface area contributed by atoms with Gasteiger partial charge < -0.3 is 9.64 Å². The van der Waals surface area contributed by atoms with Gasteiger partial charge in [0.05, 0.1) is 5.52 Å². The molecule has 4 aromatic rings. The topological polar surface area (TPSA) is 64.4 Å². The Hall–Kier alpha value is -3.93. The Kier molecular flexibility index (Phi) is 5.57. The molecule has 1 amide bonds. The number of carbonyl (C=O) groups excluding carboxylic acids is 2. The lowest BCUT2D eigenvalue weighted by atomic mass is 9.76. The highest BCUT2D eigenvalue weighted by Gasteiger charge is 2.44. The van der Waals surface area contributed by atoms with Crippen LogP contribution < -0.4 is 0 Å². The summed E-state index contributed by atoms with van der Waals surface area (Å²) in [5.74, 6) is 0.137. The van der Waals surface area contributed by atoms with Crippen molar-refractivity contribution in [3.8, 4) is 11.1 Å². The number of piperidine rings is 2. The average molecular weight is 506 g/mol. The van der Waals surface area contributed by atoms with Crippen molar-refractivity contribution in [3.05, 3.63) is 89.6 Å². The number of hydrogen-bond acceptors (Lipinski definition) is 4. The summed E-state index contributed by atoms with van der Waals surface area (Å²) in [5, 5.41) is 5.50. The molecule has 2 unspecified atom stereocenters. The number of ether oxygens (including phenoxy) is 1. The van der Waals surface area contributed by atoms with Crippen LogP contribution in [0.4, 0.5) is 4.79 Å². The number of amides is 1. The maximum absolute atomic E-state index is 13.5. The van der Waals surface area contributed by atoms with Crippen LogP contribution in [0.25, 0.3) is 22.0 Å². The Labute approximate surface area is 222 Å². The van der Waals surface area contributed by atoms with E-state index in [1.165, 1.54) is 22.3 Å². The Bertz CT molecular complexity index is 1500. The van der Waals surface area contributed by atoms with Gasteiger partial charge in [-0.25, -0.2) is 4.79 Å². The fourth-order valence-electron chi connectivity index (χ4n) is 7.09. The minimum Gasteiger partial charge on any atom is -0.448 e. The zero-order valence-electron chi connectivity index (χ0n) is 21.5. The Balaban J connectivity index is 1.06. The number of benzene rings is 3. The van der Waals surface area contributed by atoms with Gasteiger partial charge in [0.15, 0.2) is 5.78 Å². The Morgan fingerprint density at radius 1 is 0.921 bits per heavy atom. The van der Waals surface area contributed by atoms with E-state index in [4.69, 9.17) is 4.74 Å². The van der Waals surface area contributed by atoms with Crippen LogP contribution in [0.15, 0.2) is 72.9 Å². The van der Waals surface area contributed by atoms with Gasteiger partial charge >= 0.3 is 6.09 Å². The summed E-state index contributed by atoms with van der Waals surface area (Å²) < 4.78 is 7.81. The second-order valence-corrected chi connectivity index (χ2v) is 11.1. The second kappa shape index (κ2) is 9.12. The summed E-state index contributed by atoms with van der Waals surface area (Å²) >= 11 is 0. The quantitative estimate of drug-likeness (QED) is 0.304. The Morgan fingerprint density at radius 2 is 1.58 bits per heavy atom. The number of rotatable bonds is 4. The summed E-state index contributed by atoms with van der Waals surface area (Å²) in [6.45, 7) is 0.329. The Morgan fingerprint density at radius 3 is 2.26 bits per heavy atom. The van der Waals surface area contributed by atoms with Gasteiger partial charge in [0.25, 0.3) is 0 Å². The number of carbonyl (C=O) groups is 2. The lowest BCUT2D eigenvalue weighted by molar-refractivity contribution is 0.00651. The van der Waals surface area contributed by atoms with Crippen LogP contribution in [-0.2, 0) is 11.8 Å². The van der Waals surface area contributed by atoms with Gasteiger partial charge in [-0.3, -0.25) is 9.48 Å². The van der Waals surface area contributed by atoms with Crippen molar-refractivity contribution < 1.29 is 14.3 Å². The first-order valence-electron chi connectivity index (χ1n) is 13.7. The zero-order valence-corrected chi connectivity index (χ0v) is 21.5. The molecule has 2 atom stereocenters. The van der Waals surface area contributed by atoms with Crippen LogP contribution in [0, 0.1) is 5.92 Å². The highest BCUT2D eigenvalue weighted by molar-refractivity contribution is 6.00. The molecule has 1 aliphatic carbocycles. The fraction of sp³-hybridized carbons (Fsp3) is 0.344. The SMILES string of the molecule is Cn1cc2ccc(C(=O)C3CC4CCCC(C3)N4C(=O)OCC3c4ccccc4-c4ccccc43)cc2n1. The standard InChI is InChI=1S/C32H31N3O3/c1-34-18-21-14-13-20(17-30(21)33-34)31(36)22-15-23-7-6-8-24(16-22)35(23)32(37)38-19-29-27-11-4-2-9-25(27)26-10-3-5-12-28(26)29/h2-5,9-14,17-18,22-24,29H,6-8,15-16,19H2,1H3. The number of aromatic nitrogens is 2. The van der Waals surface area contributed by atoms with Crippen molar-refractivity contribution in [3.63, 3.8) is 0 Å². The largest absolute Gasteiger partial charge is 0.448 e. The van der Waals surface area contributed by atoms with Crippen molar-refractivity contribution in [1.29, 1.82) is 0 Å². The van der Waals surface area contributed by atoms with E-state index in [-0.39, 0.29) is 35.8 Å². The van der Waals surface area contributed by atoms with Crippen LogP contribution >= 0.6 is 0 Å². The van der Waals surface area contributed by atoms with Crippen LogP contribution in [0.5, 0.6) is 0 Å². The van der Waals surface area contributed by atoms with Crippen LogP contribution in [0.2, 0.25) is 0 Å². The maximum atomic E-state index is 13.5. The molecular weight excluding hydrogens is 474 g/mol. The maximum Gasteiger partial charge on any atom is 0.410 e. The number of fused-ring (bicyclic) bond motifs is 6. The first kappa shape index (κ1) is 23.2. The van der Waals surface area contributed by atoms with Crippen molar-refractivity contribution in [2.24, 2.45) is 13.0 Å². The molecule has 2 aliphatic heterocycles. The molecule has 6 nitrogen and oxygen atoms in total. The van der Waals surface area contributed by atoms with Gasteiger partial charge in [-0.15, -0.1) is 0 Å². The van der Waals surface area contributed by atoms with E-state index < -0.39 is 0 Å². The van der Waals surface area contributed by atoms with Crippen LogP contribution in [-0.4, -0.2) is 45.2 Å². The van der Waals surface area contributed by atoms with Gasteiger partial charge in [0.2, 0.25) is 0 Å². The van der Waals surface area contributed by atoms with Gasteiger partial charge in [-0.1, -0.05) is 60.7 Å². The van der Waals surface area contributed by atoms with Crippen LogP contribution in [0.3, 0.4) is 0 Å². The molecule has 6 heteroatoms. The first-order valence-corrected chi connectivity index (χ1v) is 13.7. The lowest BCUT2D eigenvalue weighted by Gasteiger charge is -2.47. The monoisotopic (exact) mass is 505 g/mol. The molecule has 3 aliphatic rings. The molecule has 2 fully saturated rings. The predicted molar refractivity (Wildman–Crippen MR) is 146 cm³/mol. The molecular formula is C32H31N3O3. The van der Waals surface area contributed by atoms with Crippen molar-refractivity contribution in [1.82, 2.24) is 14.7 Å². The van der Waals surface area contributed by atoms with E-state index in [0.717, 1.165) is 30.2 Å². The third-order valence-corrected chi connectivity index (χ3v) is 8.80. The summed E-state index contributed by atoms with van der Waals surface area (Å²) in [4.78, 5) is 29.0. The lowest BCUT2D eigenvalue weighted by Crippen LogP contribution is -2.55. The smallest absolute Gasteiger partial charge is 0.410 e. The average Bonchev–Trinajstić information content (AvgIpc) is 3.46. The third-order valence-electron chi connectivity index (χ3n) is 8.80. The van der Waals surface area contributed by atoms with Gasteiger partial charge in [0, 0.05) is 48.1 Å². The molecule has 3 aromatic carbocycles. The van der Waals surface area contributed by atoms with E-state index in [0.29, 0.717) is 25.0 Å². The molecule has 38 heavy (non-hydrogen) atoms. The second-order valence-electron chi connectivity index (χ2n) is 11.1. The summed E-state index contributed by atoms with van der Waals surface area (Å²) in [5.41, 5.74) is 6.45. The molecule has 1 aromatic heterocycles. The molecule has 192 valence electrons. The normalized spacial score (nSPS) is 22.2. The van der Waals surface area contributed by atoms with Gasteiger partial charge in [0.1, 0.15) is 6.61 Å². The summed E-state index contributed by atoms with van der Waals surface area (Å²) in [7, 11) is 1.89. The zero-order chi connectivity index (χ0) is 25.8. The molecule has 3 heterocycles. The number of hydrogen-bond donors (Lipinski definition) is 0. The molecule has 0 saturated carbocycles. The predicted octanol–water partition coefficient (Wildman–Crippen LogP) is 6.34. The molecule has 0 radical (unpaired) electrons. The van der Waals surface area contributed by atoms with Gasteiger partial charge in [-0.05, 0) is 60.4 Å². The molecule has 2 bridgehead atoms. The van der Waals surface area contributed by atoms with E-state index in [2.05, 4.69) is 53.6 Å². The van der Waals surface area contributed by atoms with Crippen LogP contribution in [0.1, 0.15) is 59.5 Å². The molecule has 0 spiro atoms. The molecule has 7 rings (SSSR count). The summed E-state index contributed by atoms with van der Waals surface area (Å²) in [6.07, 6.45) is 6.04. The number of aryl methyl sites for hydroxylation is 1. The number of nitrogens with zero attached hydrogens (tertiary/aromatic N) is 3. The third kappa shape index (κ3) is 3.82. The number of ketones is 1. The highest BCUT2D eigenvalue weighted by Crippen LogP contribution is 2.45. The van der Waals surface area contributed by atoms with Gasteiger partial charge in [-0.2, -0.15) is 5.10 Å². The fourth-order valence-corrected chi connectivity index (χ4v) is 7.09. The van der Waals surface area contributed by atoms with Crippen molar-refractivity contribution in [2.45, 2.75) is 50.1 Å². The number of Topliss-reactive ketones (excluding diaryl/α,β-unsaturated/α-hetero) is 1. The van der Waals surface area contributed by atoms with Crippen molar-refractivity contribution in [2.75, 3.05) is 6.61 Å². The molecule has 0 N–H and O–H groups in total.